The maximum absolute atomic E-state index is 12.0. The number of fused-ring (bicyclic) bond motifs is 1. The molecule has 0 radical (unpaired) electrons. The van der Waals surface area contributed by atoms with Crippen molar-refractivity contribution >= 4 is 11.0 Å². The predicted octanol–water partition coefficient (Wildman–Crippen LogP) is 2.44. The number of hydrogen-bond donors (Lipinski definition) is 2. The number of para-hydroxylation sites is 1. The Kier molecular flexibility index (Phi) is 5.66. The minimum absolute atomic E-state index is 0.00931. The van der Waals surface area contributed by atoms with Gasteiger partial charge in [0.25, 0.3) is 0 Å². The number of hydrogen-bond acceptors (Lipinski definition) is 6. The highest BCUT2D eigenvalue weighted by molar-refractivity contribution is 5.89. The van der Waals surface area contributed by atoms with Crippen LogP contribution in [0.15, 0.2) is 27.4 Å². The normalized spacial score (nSPS) is 10.8. The highest BCUT2D eigenvalue weighted by atomic mass is 16.5. The highest BCUT2D eigenvalue weighted by Gasteiger charge is 2.17. The Morgan fingerprint density at radius 1 is 1.18 bits per heavy atom. The van der Waals surface area contributed by atoms with Gasteiger partial charge >= 0.3 is 5.63 Å². The van der Waals surface area contributed by atoms with E-state index in [-0.39, 0.29) is 30.3 Å². The van der Waals surface area contributed by atoms with E-state index in [4.69, 9.17) is 19.0 Å². The fourth-order valence-electron chi connectivity index (χ4n) is 1.97. The summed E-state index contributed by atoms with van der Waals surface area (Å²) in [6.07, 6.45) is 2.16. The first kappa shape index (κ1) is 16.2. The van der Waals surface area contributed by atoms with Gasteiger partial charge in [-0.15, -0.1) is 0 Å². The largest absolute Gasteiger partial charge is 0.504 e. The number of aliphatic hydroxyl groups excluding tert-OH is 1. The van der Waals surface area contributed by atoms with Crippen LogP contribution in [0.2, 0.25) is 0 Å². The standard InChI is InChI=1S/C16H20O6/c1-2-3-9-21-15-13(18)11-6-4-7-12(20-10-5-8-17)14(11)22-16(15)19/h4,6-7,17-18H,2-3,5,8-10H2,1H3. The molecule has 6 heteroatoms. The maximum atomic E-state index is 12.0. The van der Waals surface area contributed by atoms with E-state index in [0.29, 0.717) is 24.2 Å². The van der Waals surface area contributed by atoms with Crippen LogP contribution in [-0.2, 0) is 0 Å². The molecule has 0 saturated carbocycles. The Morgan fingerprint density at radius 3 is 2.68 bits per heavy atom. The summed E-state index contributed by atoms with van der Waals surface area (Å²) in [5.74, 6) is -0.0677. The van der Waals surface area contributed by atoms with Gasteiger partial charge in [-0.1, -0.05) is 19.4 Å². The zero-order valence-corrected chi connectivity index (χ0v) is 12.5. The van der Waals surface area contributed by atoms with Crippen LogP contribution in [0.5, 0.6) is 17.2 Å². The van der Waals surface area contributed by atoms with Crippen molar-refractivity contribution in [2.45, 2.75) is 26.2 Å². The zero-order valence-electron chi connectivity index (χ0n) is 12.5. The molecule has 0 amide bonds. The molecule has 2 N–H and O–H groups in total. The van der Waals surface area contributed by atoms with Crippen LogP contribution >= 0.6 is 0 Å². The van der Waals surface area contributed by atoms with Crippen molar-refractivity contribution in [2.24, 2.45) is 0 Å². The summed E-state index contributed by atoms with van der Waals surface area (Å²) in [5, 5.41) is 19.4. The second-order valence-electron chi connectivity index (χ2n) is 4.83. The predicted molar refractivity (Wildman–Crippen MR) is 81.7 cm³/mol. The van der Waals surface area contributed by atoms with E-state index in [2.05, 4.69) is 0 Å². The highest BCUT2D eigenvalue weighted by Crippen LogP contribution is 2.35. The number of ether oxygens (including phenoxy) is 2. The van der Waals surface area contributed by atoms with Crippen LogP contribution < -0.4 is 15.1 Å². The molecular formula is C16H20O6. The molecule has 0 aliphatic rings. The first-order valence-electron chi connectivity index (χ1n) is 7.34. The van der Waals surface area contributed by atoms with Crippen molar-refractivity contribution in [3.8, 4) is 17.2 Å². The van der Waals surface area contributed by atoms with E-state index in [1.54, 1.807) is 18.2 Å². The third kappa shape index (κ3) is 3.51. The van der Waals surface area contributed by atoms with Crippen LogP contribution in [0.1, 0.15) is 26.2 Å². The van der Waals surface area contributed by atoms with Gasteiger partial charge in [-0.25, -0.2) is 4.79 Å². The van der Waals surface area contributed by atoms with Gasteiger partial charge in [0.05, 0.1) is 18.6 Å². The minimum atomic E-state index is -0.737. The molecule has 0 aliphatic heterocycles. The van der Waals surface area contributed by atoms with Gasteiger partial charge in [-0.05, 0) is 18.6 Å². The quantitative estimate of drug-likeness (QED) is 0.575. The molecule has 0 saturated heterocycles. The van der Waals surface area contributed by atoms with Crippen LogP contribution in [0, 0.1) is 0 Å². The molecule has 1 heterocycles. The number of aromatic hydroxyl groups is 1. The number of aliphatic hydroxyl groups is 1. The van der Waals surface area contributed by atoms with E-state index in [1.165, 1.54) is 0 Å². The average molecular weight is 308 g/mol. The molecule has 22 heavy (non-hydrogen) atoms. The lowest BCUT2D eigenvalue weighted by molar-refractivity contribution is 0.232. The average Bonchev–Trinajstić information content (AvgIpc) is 2.51. The summed E-state index contributed by atoms with van der Waals surface area (Å²) in [4.78, 5) is 12.0. The molecule has 6 nitrogen and oxygen atoms in total. The smallest absolute Gasteiger partial charge is 0.383 e. The third-order valence-electron chi connectivity index (χ3n) is 3.13. The first-order valence-corrected chi connectivity index (χ1v) is 7.34. The van der Waals surface area contributed by atoms with Gasteiger partial charge in [0, 0.05) is 13.0 Å². The van der Waals surface area contributed by atoms with E-state index in [0.717, 1.165) is 12.8 Å². The van der Waals surface area contributed by atoms with Crippen LogP contribution in [0.3, 0.4) is 0 Å². The Balaban J connectivity index is 2.37. The molecule has 0 spiro atoms. The van der Waals surface area contributed by atoms with Crippen LogP contribution in [0.4, 0.5) is 0 Å². The van der Waals surface area contributed by atoms with Crippen molar-refractivity contribution < 1.29 is 24.1 Å². The summed E-state index contributed by atoms with van der Waals surface area (Å²) in [6.45, 7) is 2.64. The van der Waals surface area contributed by atoms with Crippen LogP contribution in [0.25, 0.3) is 11.0 Å². The fraction of sp³-hybridized carbons (Fsp3) is 0.438. The summed E-state index contributed by atoms with van der Waals surface area (Å²) in [6, 6.07) is 4.95. The van der Waals surface area contributed by atoms with E-state index >= 15 is 0 Å². The van der Waals surface area contributed by atoms with Crippen molar-refractivity contribution in [1.82, 2.24) is 0 Å². The number of unbranched alkanes of at least 4 members (excludes halogenated alkanes) is 1. The topological polar surface area (TPSA) is 89.1 Å². The van der Waals surface area contributed by atoms with Gasteiger partial charge in [0.15, 0.2) is 17.1 Å². The van der Waals surface area contributed by atoms with E-state index < -0.39 is 5.63 Å². The lowest BCUT2D eigenvalue weighted by Crippen LogP contribution is -2.09. The fourth-order valence-corrected chi connectivity index (χ4v) is 1.97. The van der Waals surface area contributed by atoms with Gasteiger partial charge < -0.3 is 24.1 Å². The number of benzene rings is 1. The zero-order chi connectivity index (χ0) is 15.9. The van der Waals surface area contributed by atoms with E-state index in [1.807, 2.05) is 6.92 Å². The molecule has 1 aromatic carbocycles. The van der Waals surface area contributed by atoms with Gasteiger partial charge in [0.1, 0.15) is 0 Å². The SMILES string of the molecule is CCCCOc1c(O)c2cccc(OCCCO)c2oc1=O. The lowest BCUT2D eigenvalue weighted by atomic mass is 10.2. The molecule has 0 atom stereocenters. The van der Waals surface area contributed by atoms with Crippen molar-refractivity contribution in [3.63, 3.8) is 0 Å². The molecule has 0 bridgehead atoms. The Morgan fingerprint density at radius 2 is 1.95 bits per heavy atom. The van der Waals surface area contributed by atoms with Crippen molar-refractivity contribution in [1.29, 1.82) is 0 Å². The molecule has 0 unspecified atom stereocenters. The molecule has 2 aromatic rings. The second kappa shape index (κ2) is 7.70. The molecule has 1 aromatic heterocycles. The summed E-state index contributed by atoms with van der Waals surface area (Å²) >= 11 is 0. The summed E-state index contributed by atoms with van der Waals surface area (Å²) in [5.41, 5.74) is -0.565. The van der Waals surface area contributed by atoms with E-state index in [9.17, 15) is 9.90 Å². The summed E-state index contributed by atoms with van der Waals surface area (Å²) < 4.78 is 16.0. The van der Waals surface area contributed by atoms with Crippen LogP contribution in [-0.4, -0.2) is 30.0 Å². The molecular weight excluding hydrogens is 288 g/mol. The second-order valence-corrected chi connectivity index (χ2v) is 4.83. The van der Waals surface area contributed by atoms with Crippen molar-refractivity contribution in [3.05, 3.63) is 28.6 Å². The number of rotatable bonds is 8. The summed E-state index contributed by atoms with van der Waals surface area (Å²) in [7, 11) is 0. The minimum Gasteiger partial charge on any atom is -0.504 e. The third-order valence-corrected chi connectivity index (χ3v) is 3.13. The van der Waals surface area contributed by atoms with Crippen molar-refractivity contribution in [2.75, 3.05) is 19.8 Å². The molecule has 2 rings (SSSR count). The Bertz CT molecular complexity index is 676. The first-order chi connectivity index (χ1) is 10.7. The Hall–Kier alpha value is -2.21. The monoisotopic (exact) mass is 308 g/mol. The molecule has 120 valence electrons. The molecule has 0 fully saturated rings. The molecule has 0 aliphatic carbocycles. The van der Waals surface area contributed by atoms with Gasteiger partial charge in [0.2, 0.25) is 5.75 Å². The maximum Gasteiger partial charge on any atom is 0.383 e. The van der Waals surface area contributed by atoms with Gasteiger partial charge in [-0.3, -0.25) is 0 Å². The Labute approximate surface area is 127 Å². The lowest BCUT2D eigenvalue weighted by Gasteiger charge is -2.11. The van der Waals surface area contributed by atoms with Gasteiger partial charge in [-0.2, -0.15) is 0 Å².